The van der Waals surface area contributed by atoms with Crippen LogP contribution in [-0.4, -0.2) is 19.5 Å². The number of para-hydroxylation sites is 2. The van der Waals surface area contributed by atoms with Crippen LogP contribution >= 0.6 is 22.7 Å². The Bertz CT molecular complexity index is 3820. The van der Waals surface area contributed by atoms with Crippen molar-refractivity contribution >= 4 is 107 Å². The fraction of sp³-hybridized carbons (Fsp3) is 0. The summed E-state index contributed by atoms with van der Waals surface area (Å²) in [5.41, 5.74) is 7.96. The van der Waals surface area contributed by atoms with Crippen LogP contribution in [0.4, 0.5) is 0 Å². The zero-order chi connectivity index (χ0) is 37.9. The SMILES string of the molecule is c1ccc(-c2nc(-c3cccc4oc5ccccc5c34)nc(-c3cccc4sc5ccc(-n6c7ccccc7c7c8c(ccc76)sc6ccccc68)cc5c34)n2)cc1. The Morgan fingerprint density at radius 3 is 1.86 bits per heavy atom. The number of fused-ring (bicyclic) bond motifs is 13. The van der Waals surface area contributed by atoms with Crippen LogP contribution in [0.2, 0.25) is 0 Å². The summed E-state index contributed by atoms with van der Waals surface area (Å²) in [5.74, 6) is 1.86. The van der Waals surface area contributed by atoms with Crippen molar-refractivity contribution in [1.82, 2.24) is 19.5 Å². The van der Waals surface area contributed by atoms with E-state index in [1.807, 2.05) is 59.9 Å². The van der Waals surface area contributed by atoms with Gasteiger partial charge in [0.05, 0.1) is 11.0 Å². The molecule has 0 bridgehead atoms. The predicted molar refractivity (Wildman–Crippen MR) is 244 cm³/mol. The van der Waals surface area contributed by atoms with Crippen LogP contribution in [-0.2, 0) is 0 Å². The van der Waals surface area contributed by atoms with Gasteiger partial charge in [-0.05, 0) is 60.7 Å². The molecular formula is C51H28N4OS2. The number of benzene rings is 8. The highest BCUT2D eigenvalue weighted by Crippen LogP contribution is 2.45. The van der Waals surface area contributed by atoms with E-state index in [0.717, 1.165) is 49.7 Å². The summed E-state index contributed by atoms with van der Waals surface area (Å²) in [4.78, 5) is 15.7. The lowest BCUT2D eigenvalue weighted by atomic mass is 10.0. The van der Waals surface area contributed by atoms with Crippen molar-refractivity contribution < 1.29 is 4.42 Å². The predicted octanol–water partition coefficient (Wildman–Crippen LogP) is 14.6. The Morgan fingerprint density at radius 1 is 0.379 bits per heavy atom. The number of aromatic nitrogens is 4. The molecule has 0 radical (unpaired) electrons. The largest absolute Gasteiger partial charge is 0.456 e. The van der Waals surface area contributed by atoms with Crippen molar-refractivity contribution in [3.63, 3.8) is 0 Å². The van der Waals surface area contributed by atoms with E-state index in [1.54, 1.807) is 11.3 Å². The number of hydrogen-bond acceptors (Lipinski definition) is 6. The Kier molecular flexibility index (Phi) is 6.70. The standard InChI is InChI=1S/C51H28N4OS2/c1-2-12-29(13-3-1)49-52-50(34-17-10-21-40-45(34)32-15-5-8-20-39(32)56-40)54-51(53-49)35-18-11-23-43-46(35)36-28-30(24-26-42(36)58-43)55-37-19-7-4-14-31(37)47-38(55)25-27-44-48(47)33-16-6-9-22-41(33)57-44/h1-28H. The lowest BCUT2D eigenvalue weighted by Gasteiger charge is -2.11. The van der Waals surface area contributed by atoms with Gasteiger partial charge in [0.2, 0.25) is 0 Å². The van der Waals surface area contributed by atoms with Crippen LogP contribution in [0, 0.1) is 0 Å². The van der Waals surface area contributed by atoms with Crippen LogP contribution in [0.5, 0.6) is 0 Å². The van der Waals surface area contributed by atoms with Gasteiger partial charge in [-0.1, -0.05) is 109 Å². The minimum atomic E-state index is 0.607. The molecule has 0 amide bonds. The molecule has 0 saturated carbocycles. The maximum atomic E-state index is 6.30. The molecule has 0 aliphatic rings. The van der Waals surface area contributed by atoms with Gasteiger partial charge in [-0.2, -0.15) is 0 Å². The molecule has 0 saturated heterocycles. The summed E-state index contributed by atoms with van der Waals surface area (Å²) in [7, 11) is 0. The van der Waals surface area contributed by atoms with Crippen molar-refractivity contribution in [2.45, 2.75) is 0 Å². The fourth-order valence-electron chi connectivity index (χ4n) is 8.99. The molecule has 58 heavy (non-hydrogen) atoms. The maximum absolute atomic E-state index is 6.30. The number of furan rings is 1. The summed E-state index contributed by atoms with van der Waals surface area (Å²) < 4.78 is 13.8. The molecule has 0 spiro atoms. The Labute approximate surface area is 338 Å². The lowest BCUT2D eigenvalue weighted by molar-refractivity contribution is 0.669. The van der Waals surface area contributed by atoms with E-state index in [0.29, 0.717) is 17.5 Å². The van der Waals surface area contributed by atoms with Crippen molar-refractivity contribution in [3.05, 3.63) is 170 Å². The van der Waals surface area contributed by atoms with Gasteiger partial charge in [0.1, 0.15) is 11.2 Å². The second-order valence-corrected chi connectivity index (χ2v) is 16.9. The average molecular weight is 777 g/mol. The molecule has 0 aliphatic carbocycles. The highest BCUT2D eigenvalue weighted by molar-refractivity contribution is 7.26. The van der Waals surface area contributed by atoms with E-state index in [1.165, 1.54) is 56.8 Å². The third kappa shape index (κ3) is 4.60. The number of thiophene rings is 2. The lowest BCUT2D eigenvalue weighted by Crippen LogP contribution is -2.00. The van der Waals surface area contributed by atoms with Crippen molar-refractivity contribution in [1.29, 1.82) is 0 Å². The first kappa shape index (κ1) is 32.0. The van der Waals surface area contributed by atoms with Gasteiger partial charge < -0.3 is 8.98 Å². The maximum Gasteiger partial charge on any atom is 0.164 e. The van der Waals surface area contributed by atoms with Gasteiger partial charge >= 0.3 is 0 Å². The quantitative estimate of drug-likeness (QED) is 0.179. The van der Waals surface area contributed by atoms with Crippen molar-refractivity contribution in [2.24, 2.45) is 0 Å². The van der Waals surface area contributed by atoms with Crippen LogP contribution in [0.3, 0.4) is 0 Å². The summed E-state index contributed by atoms with van der Waals surface area (Å²) in [6, 6.07) is 60.0. The molecule has 0 N–H and O–H groups in total. The van der Waals surface area contributed by atoms with Gasteiger partial charge in [0.25, 0.3) is 0 Å². The monoisotopic (exact) mass is 776 g/mol. The van der Waals surface area contributed by atoms with E-state index in [-0.39, 0.29) is 0 Å². The smallest absolute Gasteiger partial charge is 0.164 e. The second-order valence-electron chi connectivity index (χ2n) is 14.7. The molecule has 0 unspecified atom stereocenters. The first-order valence-electron chi connectivity index (χ1n) is 19.3. The van der Waals surface area contributed by atoms with Crippen molar-refractivity contribution in [2.75, 3.05) is 0 Å². The molecule has 5 aromatic heterocycles. The molecule has 5 heterocycles. The van der Waals surface area contributed by atoms with Crippen LogP contribution in [0.15, 0.2) is 174 Å². The van der Waals surface area contributed by atoms with Gasteiger partial charge in [0.15, 0.2) is 17.5 Å². The minimum absolute atomic E-state index is 0.607. The molecule has 0 atom stereocenters. The Balaban J connectivity index is 1.07. The normalized spacial score (nSPS) is 12.1. The molecule has 5 nitrogen and oxygen atoms in total. The van der Waals surface area contributed by atoms with E-state index in [2.05, 4.69) is 126 Å². The molecule has 270 valence electrons. The van der Waals surface area contributed by atoms with E-state index >= 15 is 0 Å². The second kappa shape index (κ2) is 12.2. The topological polar surface area (TPSA) is 56.7 Å². The fourth-order valence-corrected chi connectivity index (χ4v) is 11.2. The first-order chi connectivity index (χ1) is 28.7. The third-order valence-corrected chi connectivity index (χ3v) is 13.7. The molecule has 13 rings (SSSR count). The molecule has 7 heteroatoms. The highest BCUT2D eigenvalue weighted by Gasteiger charge is 2.22. The zero-order valence-electron chi connectivity index (χ0n) is 30.7. The minimum Gasteiger partial charge on any atom is -0.456 e. The van der Waals surface area contributed by atoms with Crippen molar-refractivity contribution in [3.8, 4) is 39.9 Å². The molecule has 0 aliphatic heterocycles. The first-order valence-corrected chi connectivity index (χ1v) is 20.9. The number of rotatable bonds is 4. The average Bonchev–Trinajstić information content (AvgIpc) is 4.05. The van der Waals surface area contributed by atoms with E-state index in [4.69, 9.17) is 19.4 Å². The van der Waals surface area contributed by atoms with Gasteiger partial charge in [-0.25, -0.2) is 15.0 Å². The van der Waals surface area contributed by atoms with Crippen LogP contribution < -0.4 is 0 Å². The summed E-state index contributed by atoms with van der Waals surface area (Å²) >= 11 is 3.67. The van der Waals surface area contributed by atoms with Gasteiger partial charge in [-0.15, -0.1) is 22.7 Å². The summed E-state index contributed by atoms with van der Waals surface area (Å²) in [6.45, 7) is 0. The summed E-state index contributed by atoms with van der Waals surface area (Å²) in [5, 5.41) is 9.54. The number of nitrogens with zero attached hydrogens (tertiary/aromatic N) is 4. The van der Waals surface area contributed by atoms with E-state index < -0.39 is 0 Å². The van der Waals surface area contributed by atoms with Gasteiger partial charge in [-0.3, -0.25) is 0 Å². The molecule has 0 fully saturated rings. The van der Waals surface area contributed by atoms with Crippen LogP contribution in [0.25, 0.3) is 124 Å². The Morgan fingerprint density at radius 2 is 1.00 bits per heavy atom. The zero-order valence-corrected chi connectivity index (χ0v) is 32.3. The number of hydrogen-bond donors (Lipinski definition) is 0. The molecular weight excluding hydrogens is 749 g/mol. The summed E-state index contributed by atoms with van der Waals surface area (Å²) in [6.07, 6.45) is 0. The molecule has 8 aromatic carbocycles. The highest BCUT2D eigenvalue weighted by atomic mass is 32.1. The third-order valence-electron chi connectivity index (χ3n) is 11.5. The molecule has 13 aromatic rings. The van der Waals surface area contributed by atoms with Gasteiger partial charge in [0, 0.05) is 84.3 Å². The van der Waals surface area contributed by atoms with Crippen LogP contribution in [0.1, 0.15) is 0 Å². The Hall–Kier alpha value is -7.19. The van der Waals surface area contributed by atoms with E-state index in [9.17, 15) is 0 Å².